The fourth-order valence-corrected chi connectivity index (χ4v) is 3.48. The van der Waals surface area contributed by atoms with Crippen LogP contribution < -0.4 is 0 Å². The van der Waals surface area contributed by atoms with Gasteiger partial charge < -0.3 is 0 Å². The second-order valence-corrected chi connectivity index (χ2v) is 6.79. The van der Waals surface area contributed by atoms with Crippen molar-refractivity contribution >= 4 is 5.69 Å². The minimum atomic E-state index is -0.598. The van der Waals surface area contributed by atoms with Gasteiger partial charge >= 0.3 is 0 Å². The second-order valence-electron chi connectivity index (χ2n) is 6.79. The third-order valence-electron chi connectivity index (χ3n) is 4.90. The van der Waals surface area contributed by atoms with E-state index in [1.807, 2.05) is 48.5 Å². The summed E-state index contributed by atoms with van der Waals surface area (Å²) in [5, 5.41) is 9.64. The number of hydrogen-bond donors (Lipinski definition) is 0. The summed E-state index contributed by atoms with van der Waals surface area (Å²) in [6, 6.07) is 41.3. The Balaban J connectivity index is 1.90. The summed E-state index contributed by atoms with van der Waals surface area (Å²) >= 11 is 0. The average molecular weight is 362 g/mol. The average Bonchev–Trinajstić information content (AvgIpc) is 2.79. The Morgan fingerprint density at radius 2 is 0.929 bits per heavy atom. The molecule has 0 radical (unpaired) electrons. The van der Waals surface area contributed by atoms with Crippen molar-refractivity contribution < 1.29 is 0 Å². The Bertz CT molecular complexity index is 972. The third-order valence-corrected chi connectivity index (χ3v) is 4.90. The van der Waals surface area contributed by atoms with E-state index < -0.39 is 5.54 Å². The van der Waals surface area contributed by atoms with Crippen LogP contribution in [-0.4, -0.2) is 0 Å². The molecule has 28 heavy (non-hydrogen) atoms. The van der Waals surface area contributed by atoms with Crippen LogP contribution in [0.1, 0.15) is 16.7 Å². The lowest BCUT2D eigenvalue weighted by atomic mass is 9.79. The molecule has 0 N–H and O–H groups in total. The van der Waals surface area contributed by atoms with Gasteiger partial charge in [-0.1, -0.05) is 109 Å². The molecule has 0 heterocycles. The van der Waals surface area contributed by atoms with Gasteiger partial charge in [-0.3, -0.25) is 0 Å². The van der Waals surface area contributed by atoms with Gasteiger partial charge in [0.25, 0.3) is 0 Å². The Hall–Kier alpha value is -3.52. The van der Waals surface area contributed by atoms with Crippen molar-refractivity contribution in [1.29, 1.82) is 0 Å². The molecule has 0 unspecified atom stereocenters. The molecule has 2 nitrogen and oxygen atoms in total. The number of nitrogens with zero attached hydrogens (tertiary/aromatic N) is 2. The van der Waals surface area contributed by atoms with E-state index >= 15 is 0 Å². The topological polar surface area (TPSA) is 24.7 Å². The number of rotatable bonds is 6. The molecule has 0 atom stereocenters. The highest BCUT2D eigenvalue weighted by atomic mass is 15.2. The highest BCUT2D eigenvalue weighted by molar-refractivity contribution is 5.42. The van der Waals surface area contributed by atoms with Crippen molar-refractivity contribution in [2.45, 2.75) is 12.0 Å². The van der Waals surface area contributed by atoms with Gasteiger partial charge in [-0.25, -0.2) is 0 Å². The first kappa shape index (κ1) is 17.9. The molecule has 0 saturated carbocycles. The van der Waals surface area contributed by atoms with Gasteiger partial charge in [0.15, 0.2) is 0 Å². The van der Waals surface area contributed by atoms with E-state index in [2.05, 4.69) is 77.9 Å². The van der Waals surface area contributed by atoms with Gasteiger partial charge in [-0.05, 0) is 28.8 Å². The molecule has 0 aliphatic heterocycles. The van der Waals surface area contributed by atoms with Gasteiger partial charge in [0.2, 0.25) is 0 Å². The molecule has 2 heteroatoms. The molecule has 4 aromatic carbocycles. The summed E-state index contributed by atoms with van der Waals surface area (Å²) < 4.78 is 0. The van der Waals surface area contributed by atoms with Gasteiger partial charge in [0.1, 0.15) is 5.54 Å². The van der Waals surface area contributed by atoms with Crippen molar-refractivity contribution in [3.63, 3.8) is 0 Å². The molecule has 0 aliphatic rings. The summed E-state index contributed by atoms with van der Waals surface area (Å²) in [7, 11) is 0. The number of azo groups is 1. The van der Waals surface area contributed by atoms with Gasteiger partial charge in [0, 0.05) is 6.42 Å². The van der Waals surface area contributed by atoms with Crippen molar-refractivity contribution in [3.8, 4) is 0 Å². The van der Waals surface area contributed by atoms with Crippen molar-refractivity contribution in [2.75, 3.05) is 0 Å². The molecule has 0 saturated heterocycles. The van der Waals surface area contributed by atoms with E-state index in [1.165, 1.54) is 5.56 Å². The summed E-state index contributed by atoms with van der Waals surface area (Å²) in [6.07, 6.45) is 0.734. The van der Waals surface area contributed by atoms with Crippen molar-refractivity contribution in [2.24, 2.45) is 10.2 Å². The largest absolute Gasteiger partial charge is 0.172 e. The summed E-state index contributed by atoms with van der Waals surface area (Å²) in [5.74, 6) is 0. The van der Waals surface area contributed by atoms with E-state index in [0.717, 1.165) is 23.2 Å². The predicted molar refractivity (Wildman–Crippen MR) is 115 cm³/mol. The first-order valence-electron chi connectivity index (χ1n) is 9.50. The first-order chi connectivity index (χ1) is 13.9. The molecule has 0 aromatic heterocycles. The maximum absolute atomic E-state index is 4.99. The van der Waals surface area contributed by atoms with E-state index in [-0.39, 0.29) is 0 Å². The van der Waals surface area contributed by atoms with Crippen molar-refractivity contribution in [3.05, 3.63) is 138 Å². The maximum Gasteiger partial charge on any atom is 0.136 e. The molecular weight excluding hydrogens is 340 g/mol. The SMILES string of the molecule is c1ccc(CC(/N=N/c2ccccc2)(c2ccccc2)c2ccccc2)cc1. The highest BCUT2D eigenvalue weighted by Gasteiger charge is 2.35. The van der Waals surface area contributed by atoms with Crippen LogP contribution in [0.4, 0.5) is 5.69 Å². The van der Waals surface area contributed by atoms with Crippen LogP contribution in [0.15, 0.2) is 132 Å². The number of hydrogen-bond acceptors (Lipinski definition) is 2. The summed E-state index contributed by atoms with van der Waals surface area (Å²) in [4.78, 5) is 0. The van der Waals surface area contributed by atoms with E-state index in [4.69, 9.17) is 5.11 Å². The lowest BCUT2D eigenvalue weighted by molar-refractivity contribution is 0.511. The molecule has 136 valence electrons. The fourth-order valence-electron chi connectivity index (χ4n) is 3.48. The molecule has 4 aromatic rings. The molecular formula is C26H22N2. The second kappa shape index (κ2) is 8.45. The standard InChI is InChI=1S/C26H22N2/c1-5-13-22(14-6-1)21-26(23-15-7-2-8-16-23,24-17-9-3-10-18-24)28-27-25-19-11-4-12-20-25/h1-20H,21H2/b28-27+. The molecule has 0 fully saturated rings. The Labute approximate surface area is 166 Å². The first-order valence-corrected chi connectivity index (χ1v) is 9.50. The molecule has 0 aliphatic carbocycles. The van der Waals surface area contributed by atoms with E-state index in [9.17, 15) is 0 Å². The van der Waals surface area contributed by atoms with Gasteiger partial charge in [0.05, 0.1) is 5.69 Å². The zero-order valence-electron chi connectivity index (χ0n) is 15.6. The predicted octanol–water partition coefficient (Wildman–Crippen LogP) is 6.96. The fraction of sp³-hybridized carbons (Fsp3) is 0.0769. The monoisotopic (exact) mass is 362 g/mol. The zero-order valence-corrected chi connectivity index (χ0v) is 15.6. The Morgan fingerprint density at radius 3 is 1.43 bits per heavy atom. The van der Waals surface area contributed by atoms with Crippen LogP contribution in [0.5, 0.6) is 0 Å². The van der Waals surface area contributed by atoms with Crippen LogP contribution in [0.3, 0.4) is 0 Å². The molecule has 0 spiro atoms. The number of benzene rings is 4. The van der Waals surface area contributed by atoms with Crippen LogP contribution in [-0.2, 0) is 12.0 Å². The van der Waals surface area contributed by atoms with Crippen LogP contribution >= 0.6 is 0 Å². The molecule has 4 rings (SSSR count). The minimum Gasteiger partial charge on any atom is -0.172 e. The molecule has 0 amide bonds. The van der Waals surface area contributed by atoms with Crippen LogP contribution in [0.2, 0.25) is 0 Å². The zero-order chi connectivity index (χ0) is 19.1. The Morgan fingerprint density at radius 1 is 0.500 bits per heavy atom. The van der Waals surface area contributed by atoms with Gasteiger partial charge in [-0.15, -0.1) is 0 Å². The quantitative estimate of drug-likeness (QED) is 0.331. The Kier molecular flexibility index (Phi) is 5.39. The summed E-state index contributed by atoms with van der Waals surface area (Å²) in [5.41, 5.74) is 3.74. The normalized spacial score (nSPS) is 11.6. The third kappa shape index (κ3) is 3.91. The lowest BCUT2D eigenvalue weighted by Gasteiger charge is -2.30. The minimum absolute atomic E-state index is 0.598. The molecule has 0 bridgehead atoms. The van der Waals surface area contributed by atoms with E-state index in [0.29, 0.717) is 0 Å². The van der Waals surface area contributed by atoms with E-state index in [1.54, 1.807) is 0 Å². The van der Waals surface area contributed by atoms with Gasteiger partial charge in [-0.2, -0.15) is 10.2 Å². The van der Waals surface area contributed by atoms with Crippen LogP contribution in [0, 0.1) is 0 Å². The summed E-state index contributed by atoms with van der Waals surface area (Å²) in [6.45, 7) is 0. The smallest absolute Gasteiger partial charge is 0.136 e. The lowest BCUT2D eigenvalue weighted by Crippen LogP contribution is -2.28. The van der Waals surface area contributed by atoms with Crippen molar-refractivity contribution in [1.82, 2.24) is 0 Å². The highest BCUT2D eigenvalue weighted by Crippen LogP contribution is 2.38. The maximum atomic E-state index is 4.99. The van der Waals surface area contributed by atoms with Crippen LogP contribution in [0.25, 0.3) is 0 Å².